The number of nitrogens with zero attached hydrogens (tertiary/aromatic N) is 3. The van der Waals surface area contributed by atoms with E-state index in [1.54, 1.807) is 31.2 Å². The zero-order chi connectivity index (χ0) is 20.1. The van der Waals surface area contributed by atoms with E-state index in [1.165, 1.54) is 9.21 Å². The fourth-order valence-corrected chi connectivity index (χ4v) is 6.27. The molecule has 1 saturated carbocycles. The summed E-state index contributed by atoms with van der Waals surface area (Å²) in [5, 5.41) is 2.84. The summed E-state index contributed by atoms with van der Waals surface area (Å²) in [5.74, 6) is 0.0449. The maximum atomic E-state index is 12.9. The predicted octanol–water partition coefficient (Wildman–Crippen LogP) is 1.43. The standard InChI is InChI=1S/C18H23BrN4O4S/c1-18(13-6-7-13)16(24)23(17(25)20-18)12-21-8-10-22(11-9-21)28(26,27)15-5-3-2-4-14(15)19/h2-5,13H,6-12H2,1H3,(H,20,25). The minimum atomic E-state index is -3.59. The first-order valence-electron chi connectivity index (χ1n) is 9.34. The number of benzene rings is 1. The Morgan fingerprint density at radius 3 is 2.39 bits per heavy atom. The van der Waals surface area contributed by atoms with Crippen molar-refractivity contribution in [2.45, 2.75) is 30.2 Å². The van der Waals surface area contributed by atoms with Crippen LogP contribution in [0.4, 0.5) is 4.79 Å². The van der Waals surface area contributed by atoms with Crippen LogP contribution < -0.4 is 5.32 Å². The first-order chi connectivity index (χ1) is 13.2. The van der Waals surface area contributed by atoms with Crippen LogP contribution in [0.1, 0.15) is 19.8 Å². The number of urea groups is 1. The van der Waals surface area contributed by atoms with Crippen LogP contribution in [0.3, 0.4) is 0 Å². The van der Waals surface area contributed by atoms with Gasteiger partial charge in [-0.15, -0.1) is 0 Å². The van der Waals surface area contributed by atoms with Crippen LogP contribution in [-0.4, -0.2) is 72.8 Å². The maximum absolute atomic E-state index is 12.9. The van der Waals surface area contributed by atoms with Crippen LogP contribution >= 0.6 is 15.9 Å². The van der Waals surface area contributed by atoms with Crippen LogP contribution in [0.2, 0.25) is 0 Å². The van der Waals surface area contributed by atoms with Gasteiger partial charge in [0.15, 0.2) is 0 Å². The van der Waals surface area contributed by atoms with Gasteiger partial charge in [-0.3, -0.25) is 9.69 Å². The highest BCUT2D eigenvalue weighted by molar-refractivity contribution is 9.10. The van der Waals surface area contributed by atoms with Crippen molar-refractivity contribution in [3.05, 3.63) is 28.7 Å². The second-order valence-corrected chi connectivity index (χ2v) is 10.5. The number of hydrogen-bond donors (Lipinski definition) is 1. The van der Waals surface area contributed by atoms with E-state index in [-0.39, 0.29) is 29.4 Å². The number of carbonyl (C=O) groups is 2. The minimum absolute atomic E-state index is 0.178. The Kier molecular flexibility index (Phi) is 5.01. The molecule has 3 fully saturated rings. The average molecular weight is 471 g/mol. The third kappa shape index (κ3) is 3.36. The minimum Gasteiger partial charge on any atom is -0.323 e. The first-order valence-corrected chi connectivity index (χ1v) is 11.6. The van der Waals surface area contributed by atoms with E-state index in [9.17, 15) is 18.0 Å². The first kappa shape index (κ1) is 19.8. The summed E-state index contributed by atoms with van der Waals surface area (Å²) in [5.41, 5.74) is -0.790. The van der Waals surface area contributed by atoms with Crippen molar-refractivity contribution in [1.29, 1.82) is 0 Å². The summed E-state index contributed by atoms with van der Waals surface area (Å²) in [7, 11) is -3.59. The van der Waals surface area contributed by atoms with Gasteiger partial charge >= 0.3 is 6.03 Å². The molecular weight excluding hydrogens is 448 g/mol. The Bertz CT molecular complexity index is 912. The lowest BCUT2D eigenvalue weighted by Crippen LogP contribution is -2.53. The third-order valence-corrected chi connectivity index (χ3v) is 8.73. The number of halogens is 1. The molecule has 0 aromatic heterocycles. The van der Waals surface area contributed by atoms with E-state index < -0.39 is 15.6 Å². The number of sulfonamides is 1. The molecule has 152 valence electrons. The van der Waals surface area contributed by atoms with E-state index >= 15 is 0 Å². The van der Waals surface area contributed by atoms with E-state index in [0.717, 1.165) is 12.8 Å². The van der Waals surface area contributed by atoms with Crippen molar-refractivity contribution in [2.75, 3.05) is 32.8 Å². The van der Waals surface area contributed by atoms with Crippen molar-refractivity contribution in [3.8, 4) is 0 Å². The largest absolute Gasteiger partial charge is 0.326 e. The Balaban J connectivity index is 1.39. The van der Waals surface area contributed by atoms with Gasteiger partial charge in [-0.1, -0.05) is 12.1 Å². The molecule has 1 aliphatic carbocycles. The van der Waals surface area contributed by atoms with E-state index in [2.05, 4.69) is 21.2 Å². The fraction of sp³-hybridized carbons (Fsp3) is 0.556. The molecule has 2 aliphatic heterocycles. The summed E-state index contributed by atoms with van der Waals surface area (Å²) < 4.78 is 27.7. The molecule has 0 bridgehead atoms. The van der Waals surface area contributed by atoms with Gasteiger partial charge < -0.3 is 5.32 Å². The highest BCUT2D eigenvalue weighted by atomic mass is 79.9. The Morgan fingerprint density at radius 2 is 1.79 bits per heavy atom. The van der Waals surface area contributed by atoms with Gasteiger partial charge in [0, 0.05) is 30.7 Å². The molecule has 2 saturated heterocycles. The van der Waals surface area contributed by atoms with Gasteiger partial charge in [0.1, 0.15) is 5.54 Å². The number of amides is 3. The SMILES string of the molecule is CC1(C2CC2)NC(=O)N(CN2CCN(S(=O)(=O)c3ccccc3Br)CC2)C1=O. The summed E-state index contributed by atoms with van der Waals surface area (Å²) in [6.45, 7) is 3.53. The van der Waals surface area contributed by atoms with Crippen LogP contribution in [0, 0.1) is 5.92 Å². The number of hydrogen-bond acceptors (Lipinski definition) is 5. The number of piperazine rings is 1. The van der Waals surface area contributed by atoms with Crippen LogP contribution in [-0.2, 0) is 14.8 Å². The summed E-state index contributed by atoms with van der Waals surface area (Å²) in [4.78, 5) is 28.5. The van der Waals surface area contributed by atoms with E-state index in [4.69, 9.17) is 0 Å². The molecule has 0 spiro atoms. The maximum Gasteiger partial charge on any atom is 0.326 e. The lowest BCUT2D eigenvalue weighted by molar-refractivity contribution is -0.133. The van der Waals surface area contributed by atoms with Gasteiger partial charge in [-0.25, -0.2) is 18.1 Å². The molecule has 1 aromatic rings. The van der Waals surface area contributed by atoms with Crippen molar-refractivity contribution in [1.82, 2.24) is 19.4 Å². The zero-order valence-electron chi connectivity index (χ0n) is 15.6. The molecule has 8 nitrogen and oxygen atoms in total. The lowest BCUT2D eigenvalue weighted by Gasteiger charge is -2.35. The molecule has 1 aromatic carbocycles. The molecular formula is C18H23BrN4O4S. The Labute approximate surface area is 173 Å². The van der Waals surface area contributed by atoms with Crippen molar-refractivity contribution in [2.24, 2.45) is 5.92 Å². The molecule has 2 heterocycles. The normalized spacial score (nSPS) is 27.3. The van der Waals surface area contributed by atoms with Crippen LogP contribution in [0.15, 0.2) is 33.6 Å². The molecule has 1 atom stereocenters. The molecule has 3 aliphatic rings. The van der Waals surface area contributed by atoms with E-state index in [0.29, 0.717) is 30.7 Å². The number of rotatable bonds is 5. The Morgan fingerprint density at radius 1 is 1.14 bits per heavy atom. The molecule has 1 unspecified atom stereocenters. The summed E-state index contributed by atoms with van der Waals surface area (Å²) >= 11 is 3.30. The van der Waals surface area contributed by atoms with Gasteiger partial charge in [0.2, 0.25) is 10.0 Å². The highest BCUT2D eigenvalue weighted by Crippen LogP contribution is 2.42. The third-order valence-electron chi connectivity index (χ3n) is 5.82. The second kappa shape index (κ2) is 7.08. The molecule has 28 heavy (non-hydrogen) atoms. The number of imide groups is 1. The summed E-state index contributed by atoms with van der Waals surface area (Å²) in [6.07, 6.45) is 1.92. The number of nitrogens with one attached hydrogen (secondary N) is 1. The lowest BCUT2D eigenvalue weighted by atomic mass is 9.96. The molecule has 0 radical (unpaired) electrons. The smallest absolute Gasteiger partial charge is 0.323 e. The monoisotopic (exact) mass is 470 g/mol. The fourth-order valence-electron chi connectivity index (χ4n) is 3.89. The van der Waals surface area contributed by atoms with Crippen LogP contribution in [0.25, 0.3) is 0 Å². The highest BCUT2D eigenvalue weighted by Gasteiger charge is 2.56. The molecule has 1 N–H and O–H groups in total. The predicted molar refractivity (Wildman–Crippen MR) is 106 cm³/mol. The van der Waals surface area contributed by atoms with Gasteiger partial charge in [0.25, 0.3) is 5.91 Å². The van der Waals surface area contributed by atoms with Gasteiger partial charge in [0.05, 0.1) is 11.6 Å². The van der Waals surface area contributed by atoms with E-state index in [1.807, 2.05) is 4.90 Å². The van der Waals surface area contributed by atoms with Crippen molar-refractivity contribution >= 4 is 37.9 Å². The second-order valence-electron chi connectivity index (χ2n) is 7.73. The van der Waals surface area contributed by atoms with Gasteiger partial charge in [-0.2, -0.15) is 4.31 Å². The summed E-state index contributed by atoms with van der Waals surface area (Å²) in [6, 6.07) is 6.40. The average Bonchev–Trinajstić information content (AvgIpc) is 3.48. The quantitative estimate of drug-likeness (QED) is 0.657. The molecule has 10 heteroatoms. The zero-order valence-corrected chi connectivity index (χ0v) is 18.0. The molecule has 4 rings (SSSR count). The Hall–Kier alpha value is -1.49. The van der Waals surface area contributed by atoms with Crippen LogP contribution in [0.5, 0.6) is 0 Å². The molecule has 3 amide bonds. The number of carbonyl (C=O) groups excluding carboxylic acids is 2. The van der Waals surface area contributed by atoms with Gasteiger partial charge in [-0.05, 0) is 53.7 Å². The van der Waals surface area contributed by atoms with Crippen molar-refractivity contribution in [3.63, 3.8) is 0 Å². The topological polar surface area (TPSA) is 90.0 Å². The van der Waals surface area contributed by atoms with Crippen molar-refractivity contribution < 1.29 is 18.0 Å².